The van der Waals surface area contributed by atoms with Gasteiger partial charge in [-0.3, -0.25) is 0 Å². The normalized spacial score (nSPS) is 17.1. The summed E-state index contributed by atoms with van der Waals surface area (Å²) < 4.78 is 0. The van der Waals surface area contributed by atoms with Crippen molar-refractivity contribution in [1.82, 2.24) is 0 Å². The summed E-state index contributed by atoms with van der Waals surface area (Å²) in [7, 11) is 0. The van der Waals surface area contributed by atoms with E-state index in [1.807, 2.05) is 27.7 Å². The first kappa shape index (κ1) is 23.8. The molecule has 1 aromatic carbocycles. The molecule has 0 aromatic heterocycles. The summed E-state index contributed by atoms with van der Waals surface area (Å²) in [6.45, 7) is 27.4. The third kappa shape index (κ3) is 5.62. The Labute approximate surface area is 170 Å². The molecule has 0 aliphatic heterocycles. The first-order valence-corrected chi connectivity index (χ1v) is 11.2. The minimum absolute atomic E-state index is 0.183. The molecule has 0 spiro atoms. The number of benzene rings is 1. The maximum Gasteiger partial charge on any atom is 0.0446 e. The molecule has 1 nitrogen and oxygen atoms in total. The molecule has 0 unspecified atom stereocenters. The standard InChI is InChI=1S/C22H33N.2C2H6/c1-15(2)23(14-16-8-9-16)20-13-17(21(3,4)5)12-19-18(20)10-11-22(19,6)7;2*1-2/h12-13,16H,1,8-11,14H2,2-7H3;2*1-2H3. The molecule has 0 N–H and O–H groups in total. The lowest BCUT2D eigenvalue weighted by molar-refractivity contribution is 0.519. The topological polar surface area (TPSA) is 3.24 Å². The Morgan fingerprint density at radius 1 is 1.11 bits per heavy atom. The van der Waals surface area contributed by atoms with Crippen LogP contribution < -0.4 is 4.90 Å². The van der Waals surface area contributed by atoms with Crippen molar-refractivity contribution in [2.75, 3.05) is 11.4 Å². The van der Waals surface area contributed by atoms with E-state index in [0.717, 1.165) is 12.5 Å². The fourth-order valence-electron chi connectivity index (χ4n) is 3.79. The molecule has 1 aromatic rings. The zero-order valence-electron chi connectivity index (χ0n) is 19.9. The van der Waals surface area contributed by atoms with Gasteiger partial charge >= 0.3 is 0 Å². The van der Waals surface area contributed by atoms with Crippen molar-refractivity contribution in [3.05, 3.63) is 41.1 Å². The first-order valence-electron chi connectivity index (χ1n) is 11.2. The van der Waals surface area contributed by atoms with E-state index in [1.165, 1.54) is 42.6 Å². The molecule has 27 heavy (non-hydrogen) atoms. The fourth-order valence-corrected chi connectivity index (χ4v) is 3.79. The number of hydrogen-bond acceptors (Lipinski definition) is 1. The average molecular weight is 372 g/mol. The monoisotopic (exact) mass is 371 g/mol. The van der Waals surface area contributed by atoms with Crippen molar-refractivity contribution >= 4 is 5.69 Å². The van der Waals surface area contributed by atoms with Crippen LogP contribution in [0.2, 0.25) is 0 Å². The van der Waals surface area contributed by atoms with E-state index in [4.69, 9.17) is 0 Å². The first-order chi connectivity index (χ1) is 12.6. The van der Waals surface area contributed by atoms with Crippen LogP contribution in [0.3, 0.4) is 0 Å². The lowest BCUT2D eigenvalue weighted by atomic mass is 9.80. The van der Waals surface area contributed by atoms with Crippen molar-refractivity contribution in [3.8, 4) is 0 Å². The molecule has 0 atom stereocenters. The van der Waals surface area contributed by atoms with E-state index in [1.54, 1.807) is 11.1 Å². The highest BCUT2D eigenvalue weighted by Crippen LogP contribution is 2.46. The highest BCUT2D eigenvalue weighted by atomic mass is 15.1. The van der Waals surface area contributed by atoms with Gasteiger partial charge in [-0.2, -0.15) is 0 Å². The molecule has 2 aliphatic rings. The molecule has 0 saturated heterocycles. The minimum atomic E-state index is 0.183. The predicted octanol–water partition coefficient (Wildman–Crippen LogP) is 8.01. The number of rotatable bonds is 4. The molecule has 154 valence electrons. The molecular weight excluding hydrogens is 326 g/mol. The second kappa shape index (κ2) is 9.30. The van der Waals surface area contributed by atoms with Crippen LogP contribution in [0.1, 0.15) is 105 Å². The van der Waals surface area contributed by atoms with E-state index in [0.29, 0.717) is 5.41 Å². The minimum Gasteiger partial charge on any atom is -0.345 e. The van der Waals surface area contributed by atoms with E-state index in [-0.39, 0.29) is 5.41 Å². The Kier molecular flexibility index (Phi) is 8.20. The van der Waals surface area contributed by atoms with Gasteiger partial charge in [0.2, 0.25) is 0 Å². The predicted molar refractivity (Wildman–Crippen MR) is 124 cm³/mol. The highest BCUT2D eigenvalue weighted by Gasteiger charge is 2.35. The molecule has 0 radical (unpaired) electrons. The van der Waals surface area contributed by atoms with Crippen LogP contribution in [0.25, 0.3) is 0 Å². The number of anilines is 1. The van der Waals surface area contributed by atoms with Gasteiger partial charge in [-0.05, 0) is 72.1 Å². The van der Waals surface area contributed by atoms with Gasteiger partial charge in [0.05, 0.1) is 0 Å². The number of hydrogen-bond donors (Lipinski definition) is 0. The average Bonchev–Trinajstić information content (AvgIpc) is 3.38. The summed E-state index contributed by atoms with van der Waals surface area (Å²) in [4.78, 5) is 2.51. The van der Waals surface area contributed by atoms with Crippen LogP contribution in [0, 0.1) is 5.92 Å². The third-order valence-corrected chi connectivity index (χ3v) is 5.71. The summed E-state index contributed by atoms with van der Waals surface area (Å²) >= 11 is 0. The Hall–Kier alpha value is -1.24. The molecule has 1 saturated carbocycles. The molecule has 0 bridgehead atoms. The molecule has 2 aliphatic carbocycles. The van der Waals surface area contributed by atoms with Crippen LogP contribution in [0.15, 0.2) is 24.4 Å². The molecule has 0 amide bonds. The highest BCUT2D eigenvalue weighted by molar-refractivity contribution is 5.65. The molecule has 0 heterocycles. The van der Waals surface area contributed by atoms with Gasteiger partial charge in [-0.1, -0.05) is 75.0 Å². The van der Waals surface area contributed by atoms with Crippen molar-refractivity contribution in [3.63, 3.8) is 0 Å². The Balaban J connectivity index is 0.000000855. The Morgan fingerprint density at radius 2 is 1.67 bits per heavy atom. The number of nitrogens with zero attached hydrogens (tertiary/aromatic N) is 1. The van der Waals surface area contributed by atoms with Gasteiger partial charge in [0.25, 0.3) is 0 Å². The smallest absolute Gasteiger partial charge is 0.0446 e. The van der Waals surface area contributed by atoms with Crippen molar-refractivity contribution in [2.24, 2.45) is 5.92 Å². The second-order valence-corrected chi connectivity index (χ2v) is 9.44. The summed E-state index contributed by atoms with van der Waals surface area (Å²) in [5, 5.41) is 0. The van der Waals surface area contributed by atoms with Gasteiger partial charge in [-0.25, -0.2) is 0 Å². The number of fused-ring (bicyclic) bond motifs is 1. The molecule has 1 fully saturated rings. The van der Waals surface area contributed by atoms with Gasteiger partial charge in [0, 0.05) is 17.9 Å². The van der Waals surface area contributed by atoms with Crippen LogP contribution in [0.5, 0.6) is 0 Å². The quantitative estimate of drug-likeness (QED) is 0.518. The Bertz CT molecular complexity index is 626. The largest absolute Gasteiger partial charge is 0.345 e. The van der Waals surface area contributed by atoms with E-state index >= 15 is 0 Å². The van der Waals surface area contributed by atoms with E-state index < -0.39 is 0 Å². The van der Waals surface area contributed by atoms with Crippen LogP contribution in [-0.4, -0.2) is 6.54 Å². The Morgan fingerprint density at radius 3 is 2.11 bits per heavy atom. The summed E-state index contributed by atoms with van der Waals surface area (Å²) in [5.41, 5.74) is 7.72. The van der Waals surface area contributed by atoms with Crippen LogP contribution in [0.4, 0.5) is 5.69 Å². The zero-order valence-corrected chi connectivity index (χ0v) is 19.9. The molecule has 3 rings (SSSR count). The van der Waals surface area contributed by atoms with Gasteiger partial charge in [0.15, 0.2) is 0 Å². The van der Waals surface area contributed by atoms with Crippen molar-refractivity contribution in [2.45, 2.75) is 106 Å². The third-order valence-electron chi connectivity index (χ3n) is 5.71. The maximum atomic E-state index is 4.29. The van der Waals surface area contributed by atoms with E-state index in [9.17, 15) is 0 Å². The second-order valence-electron chi connectivity index (χ2n) is 9.44. The lowest BCUT2D eigenvalue weighted by Crippen LogP contribution is -2.26. The van der Waals surface area contributed by atoms with Crippen LogP contribution in [-0.2, 0) is 17.3 Å². The van der Waals surface area contributed by atoms with Gasteiger partial charge in [-0.15, -0.1) is 0 Å². The maximum absolute atomic E-state index is 4.29. The lowest BCUT2D eigenvalue weighted by Gasteiger charge is -2.31. The van der Waals surface area contributed by atoms with Gasteiger partial charge in [0.1, 0.15) is 0 Å². The SMILES string of the molecule is C=C(C)N(CC1CC1)c1cc(C(C)(C)C)cc2c1CCC2(C)C.CC.CC. The van der Waals surface area contributed by atoms with E-state index in [2.05, 4.69) is 65.2 Å². The van der Waals surface area contributed by atoms with Crippen LogP contribution >= 0.6 is 0 Å². The van der Waals surface area contributed by atoms with Gasteiger partial charge < -0.3 is 4.90 Å². The van der Waals surface area contributed by atoms with Crippen molar-refractivity contribution < 1.29 is 0 Å². The summed E-state index contributed by atoms with van der Waals surface area (Å²) in [6.07, 6.45) is 5.24. The molecular formula is C26H45N. The molecule has 1 heteroatoms. The summed E-state index contributed by atoms with van der Waals surface area (Å²) in [6, 6.07) is 4.94. The number of allylic oxidation sites excluding steroid dienone is 1. The summed E-state index contributed by atoms with van der Waals surface area (Å²) in [5.74, 6) is 0.870. The van der Waals surface area contributed by atoms with Crippen molar-refractivity contribution in [1.29, 1.82) is 0 Å². The fraction of sp³-hybridized carbons (Fsp3) is 0.692. The zero-order chi connectivity index (χ0) is 21.0.